The summed E-state index contributed by atoms with van der Waals surface area (Å²) in [6.07, 6.45) is 5.75. The summed E-state index contributed by atoms with van der Waals surface area (Å²) in [6, 6.07) is 0. The van der Waals surface area contributed by atoms with Gasteiger partial charge in [0.2, 0.25) is 0 Å². The van der Waals surface area contributed by atoms with E-state index in [-0.39, 0.29) is 0 Å². The number of aliphatic carboxylic acids is 1. The quantitative estimate of drug-likeness (QED) is 0.475. The van der Waals surface area contributed by atoms with Crippen LogP contribution in [0.1, 0.15) is 19.8 Å². The lowest BCUT2D eigenvalue weighted by Crippen LogP contribution is -2.26. The summed E-state index contributed by atoms with van der Waals surface area (Å²) >= 11 is 0. The van der Waals surface area contributed by atoms with Gasteiger partial charge in [0.1, 0.15) is 0 Å². The molecule has 0 heterocycles. The van der Waals surface area contributed by atoms with E-state index < -0.39 is 5.97 Å². The number of fused-ring (bicyclic) bond motifs is 1. The fourth-order valence-corrected chi connectivity index (χ4v) is 2.34. The second kappa shape index (κ2) is 2.47. The summed E-state index contributed by atoms with van der Waals surface area (Å²) in [7, 11) is 0. The van der Waals surface area contributed by atoms with E-state index in [1.165, 1.54) is 11.6 Å². The zero-order valence-electron chi connectivity index (χ0n) is 7.08. The van der Waals surface area contributed by atoms with Crippen molar-refractivity contribution in [1.29, 1.82) is 0 Å². The Morgan fingerprint density at radius 2 is 2.50 bits per heavy atom. The smallest absolute Gasteiger partial charge is 0.328 e. The van der Waals surface area contributed by atoms with E-state index in [0.29, 0.717) is 5.92 Å². The van der Waals surface area contributed by atoms with Crippen LogP contribution in [0.3, 0.4) is 0 Å². The maximum absolute atomic E-state index is 10.4. The summed E-state index contributed by atoms with van der Waals surface area (Å²) < 4.78 is 0. The third kappa shape index (κ3) is 0.986. The van der Waals surface area contributed by atoms with Crippen molar-refractivity contribution in [2.75, 3.05) is 0 Å². The van der Waals surface area contributed by atoms with Crippen LogP contribution in [-0.4, -0.2) is 11.1 Å². The Labute approximate surface area is 71.6 Å². The lowest BCUT2D eigenvalue weighted by atomic mass is 9.69. The molecular formula is C10H12O2. The van der Waals surface area contributed by atoms with Crippen LogP contribution in [0.2, 0.25) is 0 Å². The number of rotatable bonds is 1. The van der Waals surface area contributed by atoms with Crippen LogP contribution in [0.4, 0.5) is 0 Å². The average molecular weight is 164 g/mol. The Hall–Kier alpha value is -1.05. The van der Waals surface area contributed by atoms with Crippen LogP contribution in [0.15, 0.2) is 23.3 Å². The predicted octanol–water partition coefficient (Wildman–Crippen LogP) is 1.98. The number of carbonyl (C=O) groups is 1. The summed E-state index contributed by atoms with van der Waals surface area (Å²) in [5.41, 5.74) is 2.47. The minimum atomic E-state index is -0.803. The van der Waals surface area contributed by atoms with Crippen molar-refractivity contribution in [2.24, 2.45) is 11.8 Å². The van der Waals surface area contributed by atoms with Crippen molar-refractivity contribution in [2.45, 2.75) is 19.8 Å². The van der Waals surface area contributed by atoms with Gasteiger partial charge >= 0.3 is 5.97 Å². The first-order valence-electron chi connectivity index (χ1n) is 4.28. The average Bonchev–Trinajstić information content (AvgIpc) is 2.20. The summed E-state index contributed by atoms with van der Waals surface area (Å²) in [6.45, 7) is 2.10. The first-order chi connectivity index (χ1) is 5.68. The van der Waals surface area contributed by atoms with Crippen LogP contribution in [0.25, 0.3) is 0 Å². The van der Waals surface area contributed by atoms with Crippen molar-refractivity contribution in [3.8, 4) is 0 Å². The van der Waals surface area contributed by atoms with Crippen molar-refractivity contribution < 1.29 is 9.90 Å². The molecule has 0 aliphatic heterocycles. The number of allylic oxidation sites excluding steroid dienone is 3. The number of hydrogen-bond acceptors (Lipinski definition) is 1. The molecular weight excluding hydrogens is 152 g/mol. The predicted molar refractivity (Wildman–Crippen MR) is 45.7 cm³/mol. The van der Waals surface area contributed by atoms with E-state index in [0.717, 1.165) is 24.3 Å². The third-order valence-corrected chi connectivity index (χ3v) is 2.91. The fraction of sp³-hybridized carbons (Fsp3) is 0.500. The molecule has 0 bridgehead atoms. The first-order valence-corrected chi connectivity index (χ1v) is 4.28. The van der Waals surface area contributed by atoms with Gasteiger partial charge in [0.15, 0.2) is 0 Å². The van der Waals surface area contributed by atoms with Gasteiger partial charge in [-0.05, 0) is 25.7 Å². The molecule has 2 aliphatic carbocycles. The van der Waals surface area contributed by atoms with Gasteiger partial charge in [-0.3, -0.25) is 0 Å². The zero-order chi connectivity index (χ0) is 8.72. The first kappa shape index (κ1) is 7.59. The second-order valence-corrected chi connectivity index (χ2v) is 3.68. The van der Waals surface area contributed by atoms with E-state index in [1.807, 2.05) is 0 Å². The molecule has 12 heavy (non-hydrogen) atoms. The maximum atomic E-state index is 10.4. The number of carboxylic acid groups (broad SMARTS) is 1. The van der Waals surface area contributed by atoms with Crippen LogP contribution >= 0.6 is 0 Å². The van der Waals surface area contributed by atoms with E-state index >= 15 is 0 Å². The molecule has 2 nitrogen and oxygen atoms in total. The lowest BCUT2D eigenvalue weighted by molar-refractivity contribution is -0.131. The Morgan fingerprint density at radius 3 is 3.08 bits per heavy atom. The largest absolute Gasteiger partial charge is 0.478 e. The Kier molecular flexibility index (Phi) is 1.56. The molecule has 0 saturated heterocycles. The van der Waals surface area contributed by atoms with Crippen molar-refractivity contribution in [1.82, 2.24) is 0 Å². The van der Waals surface area contributed by atoms with Gasteiger partial charge in [0.05, 0.1) is 0 Å². The molecule has 64 valence electrons. The normalized spacial score (nSPS) is 35.8. The molecule has 0 unspecified atom stereocenters. The molecule has 2 rings (SSSR count). The molecule has 0 amide bonds. The zero-order valence-corrected chi connectivity index (χ0v) is 7.08. The maximum Gasteiger partial charge on any atom is 0.328 e. The summed E-state index contributed by atoms with van der Waals surface area (Å²) in [4.78, 5) is 10.4. The van der Waals surface area contributed by atoms with Gasteiger partial charge in [-0.25, -0.2) is 4.79 Å². The highest BCUT2D eigenvalue weighted by Gasteiger charge is 2.39. The van der Waals surface area contributed by atoms with E-state index in [4.69, 9.17) is 5.11 Å². The fourth-order valence-electron chi connectivity index (χ4n) is 2.34. The molecule has 2 aliphatic rings. The number of carboxylic acids is 1. The van der Waals surface area contributed by atoms with Gasteiger partial charge in [0, 0.05) is 12.0 Å². The van der Waals surface area contributed by atoms with Crippen LogP contribution in [0, 0.1) is 11.8 Å². The molecule has 0 radical (unpaired) electrons. The molecule has 1 fully saturated rings. The molecule has 0 aromatic carbocycles. The minimum Gasteiger partial charge on any atom is -0.478 e. The summed E-state index contributed by atoms with van der Waals surface area (Å²) in [5.74, 6) is 0.389. The van der Waals surface area contributed by atoms with Gasteiger partial charge < -0.3 is 5.11 Å². The van der Waals surface area contributed by atoms with E-state index in [2.05, 4.69) is 13.0 Å². The number of hydrogen-bond donors (Lipinski definition) is 1. The molecule has 0 spiro atoms. The monoisotopic (exact) mass is 164 g/mol. The molecule has 0 aromatic rings. The molecule has 1 N–H and O–H groups in total. The van der Waals surface area contributed by atoms with Crippen molar-refractivity contribution in [3.63, 3.8) is 0 Å². The van der Waals surface area contributed by atoms with E-state index in [1.54, 1.807) is 0 Å². The van der Waals surface area contributed by atoms with Crippen LogP contribution < -0.4 is 0 Å². The second-order valence-electron chi connectivity index (χ2n) is 3.68. The topological polar surface area (TPSA) is 37.3 Å². The van der Waals surface area contributed by atoms with Crippen LogP contribution in [-0.2, 0) is 4.79 Å². The summed E-state index contributed by atoms with van der Waals surface area (Å²) in [5, 5.41) is 8.56. The SMILES string of the molecule is CC1=CC[C@@H]2CC(=CC(=O)O)[C@@H]12. The van der Waals surface area contributed by atoms with Crippen molar-refractivity contribution in [3.05, 3.63) is 23.3 Å². The lowest BCUT2D eigenvalue weighted by Gasteiger charge is -2.35. The molecule has 1 saturated carbocycles. The standard InChI is InChI=1S/C10H12O2/c1-6-2-3-7-4-8(10(6)7)5-9(11)12/h2,5,7,10H,3-4H2,1H3,(H,11,12)/t7-,10+/m1/s1. The molecule has 2 atom stereocenters. The Morgan fingerprint density at radius 1 is 1.75 bits per heavy atom. The minimum absolute atomic E-state index is 0.473. The molecule has 0 aromatic heterocycles. The highest BCUT2D eigenvalue weighted by atomic mass is 16.4. The van der Waals surface area contributed by atoms with Gasteiger partial charge in [-0.1, -0.05) is 17.2 Å². The van der Waals surface area contributed by atoms with Crippen LogP contribution in [0.5, 0.6) is 0 Å². The van der Waals surface area contributed by atoms with Gasteiger partial charge in [-0.2, -0.15) is 0 Å². The van der Waals surface area contributed by atoms with Gasteiger partial charge in [-0.15, -0.1) is 0 Å². The highest BCUT2D eigenvalue weighted by Crippen LogP contribution is 2.50. The third-order valence-electron chi connectivity index (χ3n) is 2.91. The highest BCUT2D eigenvalue weighted by molar-refractivity contribution is 5.81. The Balaban J connectivity index is 2.16. The Bertz CT molecular complexity index is 286. The van der Waals surface area contributed by atoms with Crippen molar-refractivity contribution >= 4 is 5.97 Å². The molecule has 2 heteroatoms. The van der Waals surface area contributed by atoms with Gasteiger partial charge in [0.25, 0.3) is 0 Å². The van der Waals surface area contributed by atoms with E-state index in [9.17, 15) is 4.79 Å².